The molecule has 0 bridgehead atoms. The molecule has 14 aromatic rings. The molecule has 0 fully saturated rings. The summed E-state index contributed by atoms with van der Waals surface area (Å²) >= 11 is 0. The number of anilines is 12. The number of hydrogen-bond donors (Lipinski definition) is 0. The van der Waals surface area contributed by atoms with Crippen LogP contribution in [-0.2, 0) is 65.0 Å². The van der Waals surface area contributed by atoms with E-state index < -0.39 is 0 Å². The first kappa shape index (κ1) is 87.8. The average Bonchev–Trinajstić information content (AvgIpc) is 1.21. The zero-order valence-electron chi connectivity index (χ0n) is 83.5. The predicted octanol–water partition coefficient (Wildman–Crippen LogP) is 33.4. The van der Waals surface area contributed by atoms with Crippen molar-refractivity contribution in [3.8, 4) is 0 Å². The average molecular weight is 1710 g/mol. The monoisotopic (exact) mass is 1710 g/mol. The molecule has 0 N–H and O–H groups in total. The molecule has 129 heavy (non-hydrogen) atoms. The molecular formula is C122H141BN4O2. The van der Waals surface area contributed by atoms with Gasteiger partial charge in [-0.05, 0) is 316 Å². The summed E-state index contributed by atoms with van der Waals surface area (Å²) in [6.07, 6.45) is 9.44. The molecule has 0 saturated heterocycles. The van der Waals surface area contributed by atoms with E-state index in [2.05, 4.69) is 440 Å². The molecule has 0 spiro atoms. The van der Waals surface area contributed by atoms with Crippen molar-refractivity contribution < 1.29 is 8.83 Å². The fourth-order valence-electron chi connectivity index (χ4n) is 23.5. The zero-order valence-corrected chi connectivity index (χ0v) is 83.5. The Bertz CT molecular complexity index is 6850. The minimum atomic E-state index is -0.0769. The van der Waals surface area contributed by atoms with Gasteiger partial charge < -0.3 is 28.4 Å². The highest BCUT2D eigenvalue weighted by Gasteiger charge is 2.50. The molecular weight excluding hydrogens is 1560 g/mol. The summed E-state index contributed by atoms with van der Waals surface area (Å²) in [7, 11) is 0. The Balaban J connectivity index is 0.000000168. The lowest BCUT2D eigenvalue weighted by molar-refractivity contribution is 0.332. The Labute approximate surface area is 772 Å². The van der Waals surface area contributed by atoms with E-state index >= 15 is 0 Å². The van der Waals surface area contributed by atoms with Gasteiger partial charge in [0, 0.05) is 89.5 Å². The molecule has 4 heterocycles. The highest BCUT2D eigenvalue weighted by Crippen LogP contribution is 2.58. The van der Waals surface area contributed by atoms with E-state index in [9.17, 15) is 0 Å². The van der Waals surface area contributed by atoms with Crippen LogP contribution in [0.25, 0.3) is 43.9 Å². The molecule has 12 aromatic carbocycles. The van der Waals surface area contributed by atoms with Crippen LogP contribution < -0.4 is 36.0 Å². The van der Waals surface area contributed by atoms with E-state index in [0.717, 1.165) is 66.9 Å². The molecule has 6 nitrogen and oxygen atoms in total. The van der Waals surface area contributed by atoms with E-state index in [1.807, 2.05) is 0 Å². The van der Waals surface area contributed by atoms with Crippen LogP contribution in [0, 0.1) is 13.8 Å². The number of rotatable bonds is 8. The van der Waals surface area contributed by atoms with Crippen LogP contribution in [0.3, 0.4) is 0 Å². The van der Waals surface area contributed by atoms with Gasteiger partial charge >= 0.3 is 0 Å². The Morgan fingerprint density at radius 1 is 0.271 bits per heavy atom. The third-order valence-electron chi connectivity index (χ3n) is 32.0. The summed E-state index contributed by atoms with van der Waals surface area (Å²) in [4.78, 5) is 10.3. The second-order valence-corrected chi connectivity index (χ2v) is 49.4. The minimum absolute atomic E-state index is 0.0349. The van der Waals surface area contributed by atoms with Crippen LogP contribution in [0.5, 0.6) is 0 Å². The molecule has 0 saturated carbocycles. The number of aryl methyl sites for hydroxylation is 2. The topological polar surface area (TPSA) is 39.2 Å². The zero-order chi connectivity index (χ0) is 92.1. The van der Waals surface area contributed by atoms with Crippen molar-refractivity contribution in [1.82, 2.24) is 0 Å². The molecule has 6 aliphatic rings. The van der Waals surface area contributed by atoms with Gasteiger partial charge in [0.1, 0.15) is 11.2 Å². The molecule has 2 aliphatic heterocycles. The maximum Gasteiger partial charge on any atom is 0.252 e. The molecule has 2 aromatic heterocycles. The lowest BCUT2D eigenvalue weighted by Crippen LogP contribution is -2.62. The predicted molar refractivity (Wildman–Crippen MR) is 556 cm³/mol. The Hall–Kier alpha value is -10.5. The van der Waals surface area contributed by atoms with Crippen molar-refractivity contribution >= 4 is 135 Å². The summed E-state index contributed by atoms with van der Waals surface area (Å²) < 4.78 is 14.4. The van der Waals surface area contributed by atoms with E-state index in [-0.39, 0.29) is 71.7 Å². The fraction of sp³-hybridized carbons (Fsp3) is 0.410. The lowest BCUT2D eigenvalue weighted by Gasteiger charge is -2.48. The number of para-hydroxylation sites is 4. The largest absolute Gasteiger partial charge is 0.454 e. The maximum atomic E-state index is 7.24. The fourth-order valence-corrected chi connectivity index (χ4v) is 23.5. The minimum Gasteiger partial charge on any atom is -0.454 e. The summed E-state index contributed by atoms with van der Waals surface area (Å²) in [5.74, 6) is 0. The van der Waals surface area contributed by atoms with Crippen molar-refractivity contribution in [3.63, 3.8) is 0 Å². The van der Waals surface area contributed by atoms with Gasteiger partial charge in [-0.3, -0.25) is 0 Å². The van der Waals surface area contributed by atoms with Crippen LogP contribution in [0.2, 0.25) is 0 Å². The Morgan fingerprint density at radius 3 is 1.16 bits per heavy atom. The molecule has 0 unspecified atom stereocenters. The molecule has 0 radical (unpaired) electrons. The number of benzene rings is 12. The molecule has 0 atom stereocenters. The van der Waals surface area contributed by atoms with Gasteiger partial charge in [0.25, 0.3) is 6.71 Å². The number of hydrogen-bond acceptors (Lipinski definition) is 6. The first-order valence-electron chi connectivity index (χ1n) is 48.5. The summed E-state index contributed by atoms with van der Waals surface area (Å²) in [6.45, 7) is 71.4. The van der Waals surface area contributed by atoms with Crippen molar-refractivity contribution in [2.75, 3.05) is 19.6 Å². The first-order chi connectivity index (χ1) is 60.2. The molecule has 20 rings (SSSR count). The third kappa shape index (κ3) is 14.6. The van der Waals surface area contributed by atoms with E-state index in [1.165, 1.54) is 191 Å². The second kappa shape index (κ2) is 29.5. The molecule has 7 heteroatoms. The van der Waals surface area contributed by atoms with Gasteiger partial charge in [-0.25, -0.2) is 0 Å². The molecule has 0 amide bonds. The summed E-state index contributed by atoms with van der Waals surface area (Å²) in [6, 6.07) is 83.0. The number of furan rings is 2. The number of fused-ring (bicyclic) bond motifs is 14. The molecule has 4 aliphatic carbocycles. The SMILES string of the molecule is Cc1cc(N(c2ccc3c(c2)C(C)(C)CCC3(C)C)c2ccc3c(c2)C(C)(C)CCC3(C)C)cc(N(c2cccc(C(C)(C)C)c2)c2cccc3c2oc2c(C(C)(C)C)cccc23)c1.Cc1cc2c3c(c1)N(c1cccc4c1oc1c(C(C)(C)C)cccc14)c1cc(C(C)(C)C)ccc1B3c1cc3c(cc1N2c1ccc2c(c1)C(C)(C)CCC2(C)C)C(C)(C)CCC3(C)C. The van der Waals surface area contributed by atoms with Gasteiger partial charge in [0.2, 0.25) is 0 Å². The van der Waals surface area contributed by atoms with Crippen LogP contribution in [0.15, 0.2) is 221 Å². The van der Waals surface area contributed by atoms with Crippen molar-refractivity contribution in [1.29, 1.82) is 0 Å². The highest BCUT2D eigenvalue weighted by atomic mass is 16.3. The maximum absolute atomic E-state index is 7.24. The van der Waals surface area contributed by atoms with Gasteiger partial charge in [-0.1, -0.05) is 303 Å². The van der Waals surface area contributed by atoms with Crippen molar-refractivity contribution in [2.45, 2.75) is 324 Å². The van der Waals surface area contributed by atoms with Crippen LogP contribution in [0.4, 0.5) is 68.2 Å². The number of nitrogens with zero attached hydrogens (tertiary/aromatic N) is 4. The first-order valence-corrected chi connectivity index (χ1v) is 48.5. The van der Waals surface area contributed by atoms with Gasteiger partial charge in [0.05, 0.1) is 11.4 Å². The van der Waals surface area contributed by atoms with Crippen molar-refractivity contribution in [2.24, 2.45) is 0 Å². The third-order valence-corrected chi connectivity index (χ3v) is 32.0. The highest BCUT2D eigenvalue weighted by molar-refractivity contribution is 7.00. The van der Waals surface area contributed by atoms with Gasteiger partial charge in [-0.2, -0.15) is 0 Å². The van der Waals surface area contributed by atoms with Crippen molar-refractivity contribution in [3.05, 3.63) is 290 Å². The van der Waals surface area contributed by atoms with E-state index in [1.54, 1.807) is 0 Å². The van der Waals surface area contributed by atoms with Gasteiger partial charge in [0.15, 0.2) is 11.2 Å². The van der Waals surface area contributed by atoms with Crippen LogP contribution in [-0.4, -0.2) is 6.71 Å². The summed E-state index contributed by atoms with van der Waals surface area (Å²) in [5.41, 5.74) is 42.0. The quantitative estimate of drug-likeness (QED) is 0.141. The van der Waals surface area contributed by atoms with E-state index in [0.29, 0.717) is 0 Å². The molecule has 664 valence electrons. The second-order valence-electron chi connectivity index (χ2n) is 49.4. The van der Waals surface area contributed by atoms with E-state index in [4.69, 9.17) is 8.83 Å². The van der Waals surface area contributed by atoms with Crippen LogP contribution in [0.1, 0.15) is 323 Å². The van der Waals surface area contributed by atoms with Crippen LogP contribution >= 0.6 is 0 Å². The normalized spacial score (nSPS) is 18.2. The lowest BCUT2D eigenvalue weighted by atomic mass is 9.33. The summed E-state index contributed by atoms with van der Waals surface area (Å²) in [5, 5.41) is 4.61. The smallest absolute Gasteiger partial charge is 0.252 e. The Kier molecular flexibility index (Phi) is 20.1. The van der Waals surface area contributed by atoms with Gasteiger partial charge in [-0.15, -0.1) is 0 Å². The standard InChI is InChI=1S/C61H69BN2O.C61H72N2O/c1-36-30-51-53-52(31-36)64(48-21-17-19-40-39-18-16-20-42(57(5,6)7)54(39)65-55(40)48)49-32-37(56(2,3)4)22-25-46(49)62(53)47-34-44-45(61(14,15)29-28-60(44,12)13)35-50(47)63(51)38-23-24-41-43(33-38)59(10,11)27-26-58(41,8)9;1-39-33-44(62(42-25-27-48-51(37-42)60(12,13)31-29-58(48,8)9)43-26-28-49-52(38-43)61(14,15)32-30-59(49,10)11)36-45(34-39)63(41-20-16-19-40(35-41)56(2,3)4)53-24-18-22-47-46-21-17-23-50(57(5,6)7)54(46)64-55(47)53/h16-25,30-35H,26-29H2,1-15H3;16-28,33-38H,29-32H2,1-15H3. The Morgan fingerprint density at radius 2 is 0.659 bits per heavy atom.